The van der Waals surface area contributed by atoms with Crippen LogP contribution in [0, 0.1) is 11.8 Å². The first-order valence-electron chi connectivity index (χ1n) is 6.29. The lowest BCUT2D eigenvalue weighted by molar-refractivity contribution is 0.249. The third kappa shape index (κ3) is 5.12. The Labute approximate surface area is 96.7 Å². The molecule has 15 heavy (non-hydrogen) atoms. The van der Waals surface area contributed by atoms with Crippen molar-refractivity contribution in [3.05, 3.63) is 0 Å². The van der Waals surface area contributed by atoms with E-state index in [9.17, 15) is 4.21 Å². The van der Waals surface area contributed by atoms with Crippen molar-refractivity contribution < 1.29 is 4.21 Å². The minimum absolute atomic E-state index is 0.605. The SMILES string of the molecule is CCS(=O)CCNCC1CCCCC1C. The molecule has 0 spiro atoms. The lowest BCUT2D eigenvalue weighted by atomic mass is 9.80. The van der Waals surface area contributed by atoms with Gasteiger partial charge in [0.1, 0.15) is 0 Å². The van der Waals surface area contributed by atoms with E-state index in [2.05, 4.69) is 12.2 Å². The number of rotatable bonds is 6. The van der Waals surface area contributed by atoms with Gasteiger partial charge in [0.25, 0.3) is 0 Å². The molecule has 3 heteroatoms. The molecule has 1 rings (SSSR count). The highest BCUT2D eigenvalue weighted by atomic mass is 32.2. The van der Waals surface area contributed by atoms with E-state index in [1.807, 2.05) is 6.92 Å². The van der Waals surface area contributed by atoms with Crippen LogP contribution in [0.4, 0.5) is 0 Å². The molecule has 1 N–H and O–H groups in total. The summed E-state index contributed by atoms with van der Waals surface area (Å²) in [5, 5.41) is 3.46. The Kier molecular flexibility index (Phi) is 6.50. The molecule has 0 amide bonds. The lowest BCUT2D eigenvalue weighted by Gasteiger charge is -2.28. The molecule has 2 nitrogen and oxygen atoms in total. The fourth-order valence-electron chi connectivity index (χ4n) is 2.31. The summed E-state index contributed by atoms with van der Waals surface area (Å²) in [7, 11) is -0.605. The van der Waals surface area contributed by atoms with E-state index in [4.69, 9.17) is 0 Å². The fraction of sp³-hybridized carbons (Fsp3) is 1.00. The quantitative estimate of drug-likeness (QED) is 0.710. The number of hydrogen-bond acceptors (Lipinski definition) is 2. The van der Waals surface area contributed by atoms with Crippen molar-refractivity contribution in [2.75, 3.05) is 24.6 Å². The van der Waals surface area contributed by atoms with Crippen LogP contribution in [0.2, 0.25) is 0 Å². The van der Waals surface area contributed by atoms with Gasteiger partial charge in [-0.15, -0.1) is 0 Å². The molecule has 3 atom stereocenters. The Morgan fingerprint density at radius 2 is 2.07 bits per heavy atom. The van der Waals surface area contributed by atoms with E-state index in [-0.39, 0.29) is 0 Å². The van der Waals surface area contributed by atoms with Gasteiger partial charge in [0.05, 0.1) is 0 Å². The highest BCUT2D eigenvalue weighted by Gasteiger charge is 2.20. The van der Waals surface area contributed by atoms with E-state index < -0.39 is 10.8 Å². The van der Waals surface area contributed by atoms with Gasteiger partial charge in [-0.2, -0.15) is 0 Å². The van der Waals surface area contributed by atoms with Gasteiger partial charge in [0.15, 0.2) is 0 Å². The summed E-state index contributed by atoms with van der Waals surface area (Å²) in [6.45, 7) is 6.40. The van der Waals surface area contributed by atoms with Crippen LogP contribution in [0.5, 0.6) is 0 Å². The summed E-state index contributed by atoms with van der Waals surface area (Å²) >= 11 is 0. The zero-order valence-electron chi connectivity index (χ0n) is 10.1. The predicted octanol–water partition coefficient (Wildman–Crippen LogP) is 2.17. The van der Waals surface area contributed by atoms with Crippen LogP contribution in [0.3, 0.4) is 0 Å². The summed E-state index contributed by atoms with van der Waals surface area (Å²) < 4.78 is 11.2. The largest absolute Gasteiger partial charge is 0.316 e. The van der Waals surface area contributed by atoms with Gasteiger partial charge in [0.2, 0.25) is 0 Å². The second-order valence-electron chi connectivity index (χ2n) is 4.66. The summed E-state index contributed by atoms with van der Waals surface area (Å²) in [6.07, 6.45) is 5.59. The Hall–Kier alpha value is 0.110. The molecule has 1 fully saturated rings. The van der Waals surface area contributed by atoms with Crippen LogP contribution in [-0.2, 0) is 10.8 Å². The first-order chi connectivity index (χ1) is 7.24. The van der Waals surface area contributed by atoms with Crippen LogP contribution in [0.15, 0.2) is 0 Å². The number of hydrogen-bond donors (Lipinski definition) is 1. The van der Waals surface area contributed by atoms with Crippen LogP contribution >= 0.6 is 0 Å². The van der Waals surface area contributed by atoms with Crippen molar-refractivity contribution in [2.24, 2.45) is 11.8 Å². The summed E-state index contributed by atoms with van der Waals surface area (Å²) in [4.78, 5) is 0. The topological polar surface area (TPSA) is 29.1 Å². The van der Waals surface area contributed by atoms with E-state index in [1.165, 1.54) is 25.7 Å². The van der Waals surface area contributed by atoms with Gasteiger partial charge in [-0.25, -0.2) is 0 Å². The molecule has 1 saturated carbocycles. The molecule has 0 aromatic rings. The maximum absolute atomic E-state index is 11.2. The lowest BCUT2D eigenvalue weighted by Crippen LogP contribution is -2.31. The van der Waals surface area contributed by atoms with Crippen molar-refractivity contribution in [1.29, 1.82) is 0 Å². The first kappa shape index (κ1) is 13.2. The molecule has 0 aromatic heterocycles. The average molecular weight is 231 g/mol. The maximum atomic E-state index is 11.2. The second kappa shape index (κ2) is 7.39. The molecule has 0 radical (unpaired) electrons. The summed E-state index contributed by atoms with van der Waals surface area (Å²) in [5.74, 6) is 3.34. The molecule has 1 aliphatic carbocycles. The number of nitrogens with one attached hydrogen (secondary N) is 1. The van der Waals surface area contributed by atoms with E-state index in [1.54, 1.807) is 0 Å². The summed E-state index contributed by atoms with van der Waals surface area (Å²) in [6, 6.07) is 0. The Balaban J connectivity index is 2.06. The van der Waals surface area contributed by atoms with Crippen LogP contribution in [0.25, 0.3) is 0 Å². The van der Waals surface area contributed by atoms with Gasteiger partial charge in [-0.1, -0.05) is 33.1 Å². The molecule has 0 aromatic carbocycles. The van der Waals surface area contributed by atoms with Crippen LogP contribution in [0.1, 0.15) is 39.5 Å². The van der Waals surface area contributed by atoms with Gasteiger partial charge in [-0.05, 0) is 24.8 Å². The summed E-state index contributed by atoms with van der Waals surface area (Å²) in [5.41, 5.74) is 0. The van der Waals surface area contributed by atoms with E-state index in [0.717, 1.165) is 36.4 Å². The minimum atomic E-state index is -0.605. The third-order valence-corrected chi connectivity index (χ3v) is 4.83. The maximum Gasteiger partial charge on any atom is 0.0359 e. The highest BCUT2D eigenvalue weighted by molar-refractivity contribution is 7.84. The van der Waals surface area contributed by atoms with Gasteiger partial charge in [-0.3, -0.25) is 4.21 Å². The smallest absolute Gasteiger partial charge is 0.0359 e. The molecular formula is C12H25NOS. The molecule has 0 aliphatic heterocycles. The molecule has 1 aliphatic rings. The monoisotopic (exact) mass is 231 g/mol. The normalized spacial score (nSPS) is 28.9. The minimum Gasteiger partial charge on any atom is -0.316 e. The van der Waals surface area contributed by atoms with E-state index in [0.29, 0.717) is 0 Å². The van der Waals surface area contributed by atoms with Crippen LogP contribution in [-0.4, -0.2) is 28.8 Å². The van der Waals surface area contributed by atoms with Gasteiger partial charge < -0.3 is 5.32 Å². The van der Waals surface area contributed by atoms with Gasteiger partial charge >= 0.3 is 0 Å². The molecule has 90 valence electrons. The molecule has 3 unspecified atom stereocenters. The highest BCUT2D eigenvalue weighted by Crippen LogP contribution is 2.28. The fourth-order valence-corrected chi connectivity index (χ4v) is 2.97. The average Bonchev–Trinajstić information content (AvgIpc) is 2.26. The zero-order chi connectivity index (χ0) is 11.1. The Morgan fingerprint density at radius 3 is 2.73 bits per heavy atom. The van der Waals surface area contributed by atoms with Gasteiger partial charge in [0, 0.05) is 28.9 Å². The zero-order valence-corrected chi connectivity index (χ0v) is 10.9. The Bertz CT molecular complexity index is 196. The van der Waals surface area contributed by atoms with Crippen molar-refractivity contribution in [1.82, 2.24) is 5.32 Å². The third-order valence-electron chi connectivity index (χ3n) is 3.52. The van der Waals surface area contributed by atoms with Crippen molar-refractivity contribution >= 4 is 10.8 Å². The van der Waals surface area contributed by atoms with Crippen molar-refractivity contribution in [2.45, 2.75) is 39.5 Å². The van der Waals surface area contributed by atoms with E-state index >= 15 is 0 Å². The molecular weight excluding hydrogens is 206 g/mol. The molecule has 0 heterocycles. The van der Waals surface area contributed by atoms with Crippen LogP contribution < -0.4 is 5.32 Å². The predicted molar refractivity (Wildman–Crippen MR) is 67.5 cm³/mol. The first-order valence-corrected chi connectivity index (χ1v) is 7.78. The van der Waals surface area contributed by atoms with Crippen molar-refractivity contribution in [3.8, 4) is 0 Å². The van der Waals surface area contributed by atoms with Crippen molar-refractivity contribution in [3.63, 3.8) is 0 Å². The second-order valence-corrected chi connectivity index (χ2v) is 6.52. The molecule has 0 saturated heterocycles. The standard InChI is InChI=1S/C12H25NOS/c1-3-15(14)9-8-13-10-12-7-5-4-6-11(12)2/h11-13H,3-10H2,1-2H3. The molecule has 0 bridgehead atoms. The Morgan fingerprint density at radius 1 is 1.33 bits per heavy atom.